The predicted octanol–water partition coefficient (Wildman–Crippen LogP) is 16.0. The van der Waals surface area contributed by atoms with Crippen LogP contribution >= 0.6 is 0 Å². The summed E-state index contributed by atoms with van der Waals surface area (Å²) < 4.78 is 174. The van der Waals surface area contributed by atoms with E-state index in [0.717, 1.165) is 139 Å². The van der Waals surface area contributed by atoms with E-state index in [1.54, 1.807) is 72.6 Å². The third kappa shape index (κ3) is 20.1. The third-order valence-corrected chi connectivity index (χ3v) is 26.3. The van der Waals surface area contributed by atoms with Crippen LogP contribution in [0.5, 0.6) is 0 Å². The lowest BCUT2D eigenvalue weighted by molar-refractivity contribution is -0.139. The van der Waals surface area contributed by atoms with Crippen LogP contribution in [0.2, 0.25) is 0 Å². The van der Waals surface area contributed by atoms with E-state index in [1.165, 1.54) is 30.3 Å². The number of alkyl halides is 12. The van der Waals surface area contributed by atoms with E-state index < -0.39 is 56.7 Å². The molecule has 34 heteroatoms. The molecule has 12 heterocycles. The van der Waals surface area contributed by atoms with Gasteiger partial charge in [-0.05, 0) is 173 Å². The van der Waals surface area contributed by atoms with Crippen molar-refractivity contribution in [3.05, 3.63) is 234 Å². The van der Waals surface area contributed by atoms with Crippen LogP contribution in [0.25, 0.3) is 0 Å². The zero-order chi connectivity index (χ0) is 86.6. The van der Waals surface area contributed by atoms with Crippen LogP contribution < -0.4 is 0 Å². The molecule has 4 amide bonds. The SMILES string of the molecule is C=C(C)N1CCc2c(C(=O)N3CCC(c4ccccc4C(F)(F)F)CC3)n[nH]c2C1.C=C(CC)N1CCc2c(C(=O)N3CCC(c4ccccc4C(F)(F)F)CC3)n[nH]c2C1.C=S(C)(=O)N1CCc2c(C(=O)N3CCC(c4ccccc4C(F)(F)F)CC3)n[nH]c2C1.CCN1CCc2c(C(=O)N3CCC(c4ccccc4C(F)(F)F)CC3)n[nH]c2C1. The van der Waals surface area contributed by atoms with Gasteiger partial charge in [-0.3, -0.25) is 48.7 Å². The van der Waals surface area contributed by atoms with Gasteiger partial charge < -0.3 is 29.4 Å². The highest BCUT2D eigenvalue weighted by Crippen LogP contribution is 2.45. The van der Waals surface area contributed by atoms with Crippen molar-refractivity contribution in [2.24, 2.45) is 0 Å². The molecule has 1 unspecified atom stereocenters. The minimum atomic E-state index is -4.39. The third-order valence-electron chi connectivity index (χ3n) is 24.9. The van der Waals surface area contributed by atoms with Crippen molar-refractivity contribution in [2.45, 2.75) is 179 Å². The molecule has 4 fully saturated rings. The largest absolute Gasteiger partial charge is 0.416 e. The summed E-state index contributed by atoms with van der Waals surface area (Å²) in [5.74, 6) is 2.27. The summed E-state index contributed by atoms with van der Waals surface area (Å²) in [7, 11) is -2.34. The highest BCUT2D eigenvalue weighted by molar-refractivity contribution is 7.97. The number of hydrogen-bond donors (Lipinski definition) is 4. The van der Waals surface area contributed by atoms with Crippen LogP contribution in [0, 0.1) is 0 Å². The van der Waals surface area contributed by atoms with Gasteiger partial charge >= 0.3 is 24.7 Å². The normalized spacial score (nSPS) is 18.6. The number of halogens is 12. The molecule has 650 valence electrons. The number of carbonyl (C=O) groups is 4. The Morgan fingerprint density at radius 2 is 0.653 bits per heavy atom. The number of allylic oxidation sites excluding steroid dienone is 2. The first-order valence-corrected chi connectivity index (χ1v) is 43.3. The van der Waals surface area contributed by atoms with Crippen molar-refractivity contribution in [1.29, 1.82) is 0 Å². The molecule has 0 radical (unpaired) electrons. The maximum Gasteiger partial charge on any atom is 0.416 e. The standard InChI is InChI=1S/C23H27F3N4O.C22H25F3N4O.C21H25F3N4O2S.C21H25F3N4O/c1-3-15(2)30-13-10-18-20(14-30)27-28-21(18)22(31)29-11-8-16(9-12-29)17-6-4-5-7-19(17)23(24,25)26;1-14(2)29-12-9-17-19(13-29)26-27-20(17)21(30)28-10-7-15(8-11-28)16-5-3-4-6-18(16)22(23,24)25;1-31(2,30)28-12-9-16-18(13-28)25-26-19(16)20(29)27-10-7-14(8-11-27)15-5-3-4-6-17(15)21(22,23)24;1-2-27-10-9-16-18(13-27)25-26-19(16)20(29)28-11-7-14(8-12-28)15-5-3-4-6-17(15)21(22,23)24/h4-7,16H,2-3,8-14H2,1H3,(H,27,28);3-6,15H,1,7-13H2,2H3,(H,26,27);3-6,14H,1,7-13H2,2H3,(H,25,26);3-6,14H,2,7-13H2,1H3,(H,25,26). The molecule has 0 aliphatic carbocycles. The summed E-state index contributed by atoms with van der Waals surface area (Å²) >= 11 is 0. The Kier molecular flexibility index (Phi) is 27.0. The highest BCUT2D eigenvalue weighted by atomic mass is 32.2. The van der Waals surface area contributed by atoms with Gasteiger partial charge in [-0.1, -0.05) is 99.8 Å². The number of nitrogens with one attached hydrogen (secondary N) is 4. The predicted molar refractivity (Wildman–Crippen MR) is 434 cm³/mol. The molecule has 4 saturated heterocycles. The summed E-state index contributed by atoms with van der Waals surface area (Å²) in [5, 5.41) is 28.9. The first-order chi connectivity index (χ1) is 57.5. The zero-order valence-electron chi connectivity index (χ0n) is 68.2. The lowest BCUT2D eigenvalue weighted by Gasteiger charge is -2.33. The Morgan fingerprint density at radius 1 is 0.388 bits per heavy atom. The quantitative estimate of drug-likeness (QED) is 0.0625. The molecule has 4 aromatic carbocycles. The molecule has 21 nitrogen and oxygen atoms in total. The number of likely N-dealkylation sites (N-methyl/N-ethyl adjacent to an activating group) is 1. The van der Waals surface area contributed by atoms with Crippen LogP contribution in [-0.2, 0) is 86.3 Å². The molecule has 4 aromatic heterocycles. The number of nitrogens with zero attached hydrogens (tertiary/aromatic N) is 12. The number of amides is 4. The average molecular weight is 1710 g/mol. The molecule has 0 saturated carbocycles. The average Bonchev–Trinajstić information content (AvgIpc) is 1.79. The van der Waals surface area contributed by atoms with Gasteiger partial charge in [0, 0.05) is 135 Å². The number of piperidine rings is 4. The summed E-state index contributed by atoms with van der Waals surface area (Å²) in [5.41, 5.74) is 10.1. The fourth-order valence-electron chi connectivity index (χ4n) is 18.0. The molecule has 4 N–H and O–H groups in total. The van der Waals surface area contributed by atoms with Crippen LogP contribution in [0.4, 0.5) is 52.7 Å². The first-order valence-electron chi connectivity index (χ1n) is 41.2. The van der Waals surface area contributed by atoms with Crippen molar-refractivity contribution < 1.29 is 76.1 Å². The Bertz CT molecular complexity index is 5170. The van der Waals surface area contributed by atoms with E-state index in [9.17, 15) is 76.1 Å². The summed E-state index contributed by atoms with van der Waals surface area (Å²) in [4.78, 5) is 65.7. The van der Waals surface area contributed by atoms with Crippen LogP contribution in [0.15, 0.2) is 122 Å². The molecule has 16 rings (SSSR count). The number of aromatic nitrogens is 8. The van der Waals surface area contributed by atoms with Crippen LogP contribution in [0.3, 0.4) is 0 Å². The number of likely N-dealkylation sites (tertiary alicyclic amines) is 4. The number of hydrogen-bond acceptors (Lipinski definition) is 12. The maximum absolute atomic E-state index is 13.4. The van der Waals surface area contributed by atoms with Gasteiger partial charge in [-0.25, -0.2) is 4.31 Å². The summed E-state index contributed by atoms with van der Waals surface area (Å²) in [6, 6.07) is 23.0. The van der Waals surface area contributed by atoms with Gasteiger partial charge in [0.25, 0.3) is 23.6 Å². The topological polar surface area (TPSA) is 226 Å². The summed E-state index contributed by atoms with van der Waals surface area (Å²) in [6.45, 7) is 24.0. The fourth-order valence-corrected chi connectivity index (χ4v) is 18.9. The van der Waals surface area contributed by atoms with Crippen molar-refractivity contribution >= 4 is 39.2 Å². The molecule has 8 aromatic rings. The minimum Gasteiger partial charge on any atom is -0.369 e. The van der Waals surface area contributed by atoms with Gasteiger partial charge in [0.15, 0.2) is 22.8 Å². The Hall–Kier alpha value is -10.2. The Labute approximate surface area is 695 Å². The molecule has 8 aliphatic rings. The van der Waals surface area contributed by atoms with Gasteiger partial charge in [0.05, 0.1) is 64.7 Å². The number of aromatic amines is 4. The van der Waals surface area contributed by atoms with E-state index >= 15 is 0 Å². The van der Waals surface area contributed by atoms with E-state index in [2.05, 4.69) is 88.4 Å². The van der Waals surface area contributed by atoms with Crippen LogP contribution in [0.1, 0.15) is 234 Å². The van der Waals surface area contributed by atoms with Crippen molar-refractivity contribution in [3.63, 3.8) is 0 Å². The minimum absolute atomic E-state index is 0.116. The second kappa shape index (κ2) is 36.8. The van der Waals surface area contributed by atoms with E-state index in [4.69, 9.17) is 0 Å². The molecular weight excluding hydrogens is 1610 g/mol. The monoisotopic (exact) mass is 1710 g/mol. The summed E-state index contributed by atoms with van der Waals surface area (Å²) in [6.07, 6.45) is -8.22. The van der Waals surface area contributed by atoms with Gasteiger partial charge in [-0.15, -0.1) is 0 Å². The van der Waals surface area contributed by atoms with E-state index in [-0.39, 0.29) is 47.3 Å². The van der Waals surface area contributed by atoms with Crippen molar-refractivity contribution in [2.75, 3.05) is 91.3 Å². The van der Waals surface area contributed by atoms with Gasteiger partial charge in [0.2, 0.25) is 0 Å². The molecular formula is C87H102F12N16O5S. The highest BCUT2D eigenvalue weighted by Gasteiger charge is 2.43. The van der Waals surface area contributed by atoms with Gasteiger partial charge in [-0.2, -0.15) is 73.1 Å². The molecule has 0 bridgehead atoms. The second-order valence-electron chi connectivity index (χ2n) is 32.4. The molecule has 121 heavy (non-hydrogen) atoms. The number of carbonyl (C=O) groups excluding carboxylic acids is 4. The molecule has 8 aliphatic heterocycles. The van der Waals surface area contributed by atoms with Crippen molar-refractivity contribution in [3.8, 4) is 0 Å². The number of benzene rings is 4. The van der Waals surface area contributed by atoms with Crippen molar-refractivity contribution in [1.82, 2.24) is 79.4 Å². The van der Waals surface area contributed by atoms with E-state index in [1.807, 2.05) is 6.92 Å². The Balaban J connectivity index is 0.000000139. The van der Waals surface area contributed by atoms with Crippen LogP contribution in [-0.4, -0.2) is 204 Å². The number of H-pyrrole nitrogens is 4. The second-order valence-corrected chi connectivity index (χ2v) is 34.8. The zero-order valence-corrected chi connectivity index (χ0v) is 69.0. The number of fused-ring (bicyclic) bond motifs is 4. The first kappa shape index (κ1) is 88.6. The lowest BCUT2D eigenvalue weighted by atomic mass is 9.86. The fraction of sp³-hybridized carbons (Fsp3) is 0.483. The maximum atomic E-state index is 13.4. The number of rotatable bonds is 13. The smallest absolute Gasteiger partial charge is 0.369 e. The lowest BCUT2D eigenvalue weighted by Crippen LogP contribution is -2.39. The molecule has 0 spiro atoms. The van der Waals surface area contributed by atoms with Gasteiger partial charge in [0.1, 0.15) is 0 Å². The Morgan fingerprint density at radius 3 is 0.934 bits per heavy atom. The molecule has 1 atom stereocenters. The van der Waals surface area contributed by atoms with E-state index in [0.29, 0.717) is 181 Å².